The van der Waals surface area contributed by atoms with Crippen molar-refractivity contribution in [2.75, 3.05) is 24.3 Å². The van der Waals surface area contributed by atoms with Crippen LogP contribution in [0.4, 0.5) is 11.5 Å². The van der Waals surface area contributed by atoms with Crippen molar-refractivity contribution < 1.29 is 14.4 Å². The number of imide groups is 1. The number of rotatable bonds is 6. The molecule has 0 bridgehead atoms. The van der Waals surface area contributed by atoms with Gasteiger partial charge in [-0.15, -0.1) is 0 Å². The molecule has 2 aromatic rings. The standard InChI is InChI=1S/C21H24N4O3/c1-13(2)11-17(19(26)23-14-9-10-18(22-12-14)24(3)4)25-20(27)15-7-5-6-8-16(15)21(25)28/h5-10,12-13,17H,11H2,1-4H3,(H,23,26). The minimum absolute atomic E-state index is 0.120. The minimum Gasteiger partial charge on any atom is -0.363 e. The van der Waals surface area contributed by atoms with Gasteiger partial charge in [0.05, 0.1) is 23.0 Å². The fraction of sp³-hybridized carbons (Fsp3) is 0.333. The molecule has 1 N–H and O–H groups in total. The highest BCUT2D eigenvalue weighted by atomic mass is 16.2. The summed E-state index contributed by atoms with van der Waals surface area (Å²) in [6.45, 7) is 3.90. The summed E-state index contributed by atoms with van der Waals surface area (Å²) in [4.78, 5) is 45.8. The van der Waals surface area contributed by atoms with Gasteiger partial charge in [-0.25, -0.2) is 4.98 Å². The Kier molecular flexibility index (Phi) is 5.44. The Morgan fingerprint density at radius 1 is 1.07 bits per heavy atom. The number of aromatic nitrogens is 1. The van der Waals surface area contributed by atoms with E-state index in [4.69, 9.17) is 0 Å². The minimum atomic E-state index is -0.888. The molecule has 7 nitrogen and oxygen atoms in total. The Morgan fingerprint density at radius 2 is 1.68 bits per heavy atom. The Hall–Kier alpha value is -3.22. The lowest BCUT2D eigenvalue weighted by atomic mass is 10.0. The second-order valence-corrected chi connectivity index (χ2v) is 7.46. The van der Waals surface area contributed by atoms with Crippen LogP contribution in [0.5, 0.6) is 0 Å². The number of carbonyl (C=O) groups is 3. The van der Waals surface area contributed by atoms with Gasteiger partial charge in [0.1, 0.15) is 11.9 Å². The van der Waals surface area contributed by atoms with E-state index in [1.165, 1.54) is 0 Å². The lowest BCUT2D eigenvalue weighted by Gasteiger charge is -2.26. The van der Waals surface area contributed by atoms with Crippen molar-refractivity contribution in [3.63, 3.8) is 0 Å². The van der Waals surface area contributed by atoms with Crippen LogP contribution >= 0.6 is 0 Å². The van der Waals surface area contributed by atoms with E-state index < -0.39 is 23.8 Å². The van der Waals surface area contributed by atoms with Crippen molar-refractivity contribution in [2.45, 2.75) is 26.3 Å². The van der Waals surface area contributed by atoms with Crippen molar-refractivity contribution in [3.05, 3.63) is 53.7 Å². The highest BCUT2D eigenvalue weighted by molar-refractivity contribution is 6.23. The number of nitrogens with zero attached hydrogens (tertiary/aromatic N) is 3. The summed E-state index contributed by atoms with van der Waals surface area (Å²) in [7, 11) is 3.75. The highest BCUT2D eigenvalue weighted by Gasteiger charge is 2.42. The van der Waals surface area contributed by atoms with E-state index in [9.17, 15) is 14.4 Å². The number of hydrogen-bond acceptors (Lipinski definition) is 5. The van der Waals surface area contributed by atoms with Gasteiger partial charge < -0.3 is 10.2 Å². The van der Waals surface area contributed by atoms with Gasteiger partial charge in [-0.2, -0.15) is 0 Å². The molecule has 0 fully saturated rings. The predicted octanol–water partition coefficient (Wildman–Crippen LogP) is 2.80. The van der Waals surface area contributed by atoms with E-state index in [2.05, 4.69) is 10.3 Å². The maximum absolute atomic E-state index is 13.0. The Balaban J connectivity index is 1.85. The second-order valence-electron chi connectivity index (χ2n) is 7.46. The van der Waals surface area contributed by atoms with Gasteiger partial charge in [0, 0.05) is 14.1 Å². The number of hydrogen-bond donors (Lipinski definition) is 1. The third kappa shape index (κ3) is 3.74. The van der Waals surface area contributed by atoms with Gasteiger partial charge in [-0.3, -0.25) is 19.3 Å². The fourth-order valence-electron chi connectivity index (χ4n) is 3.22. The molecule has 2 heterocycles. The van der Waals surface area contributed by atoms with E-state index in [-0.39, 0.29) is 5.92 Å². The van der Waals surface area contributed by atoms with Crippen LogP contribution < -0.4 is 10.2 Å². The topological polar surface area (TPSA) is 82.6 Å². The third-order valence-electron chi connectivity index (χ3n) is 4.61. The molecule has 0 saturated heterocycles. The number of benzene rings is 1. The van der Waals surface area contributed by atoms with Gasteiger partial charge in [-0.1, -0.05) is 26.0 Å². The average Bonchev–Trinajstić information content (AvgIpc) is 2.91. The summed E-state index contributed by atoms with van der Waals surface area (Å²) in [5.74, 6) is -0.376. The van der Waals surface area contributed by atoms with E-state index in [0.29, 0.717) is 23.2 Å². The number of anilines is 2. The molecule has 146 valence electrons. The lowest BCUT2D eigenvalue weighted by Crippen LogP contribution is -2.47. The molecular formula is C21H24N4O3. The van der Waals surface area contributed by atoms with Crippen LogP contribution in [0.25, 0.3) is 0 Å². The summed E-state index contributed by atoms with van der Waals surface area (Å²) in [6, 6.07) is 9.30. The number of nitrogens with one attached hydrogen (secondary N) is 1. The van der Waals surface area contributed by atoms with Crippen molar-refractivity contribution in [2.24, 2.45) is 5.92 Å². The van der Waals surface area contributed by atoms with Crippen LogP contribution in [-0.2, 0) is 4.79 Å². The van der Waals surface area contributed by atoms with E-state index in [0.717, 1.165) is 10.7 Å². The Morgan fingerprint density at radius 3 is 2.14 bits per heavy atom. The van der Waals surface area contributed by atoms with E-state index in [1.807, 2.05) is 32.8 Å². The summed E-state index contributed by atoms with van der Waals surface area (Å²) in [5.41, 5.74) is 1.19. The van der Waals surface area contributed by atoms with Gasteiger partial charge >= 0.3 is 0 Å². The maximum Gasteiger partial charge on any atom is 0.262 e. The first-order valence-corrected chi connectivity index (χ1v) is 9.20. The SMILES string of the molecule is CC(C)CC(C(=O)Nc1ccc(N(C)C)nc1)N1C(=O)c2ccccc2C1=O. The Bertz CT molecular complexity index is 871. The zero-order chi connectivity index (χ0) is 20.4. The van der Waals surface area contributed by atoms with Gasteiger partial charge in [-0.05, 0) is 36.6 Å². The van der Waals surface area contributed by atoms with E-state index in [1.54, 1.807) is 42.6 Å². The molecule has 28 heavy (non-hydrogen) atoms. The molecule has 0 radical (unpaired) electrons. The van der Waals surface area contributed by atoms with Gasteiger partial charge in [0.25, 0.3) is 11.8 Å². The molecule has 0 aliphatic carbocycles. The van der Waals surface area contributed by atoms with Crippen molar-refractivity contribution in [3.8, 4) is 0 Å². The van der Waals surface area contributed by atoms with Crippen molar-refractivity contribution in [1.29, 1.82) is 0 Å². The van der Waals surface area contributed by atoms with Crippen molar-refractivity contribution in [1.82, 2.24) is 9.88 Å². The molecule has 1 aromatic carbocycles. The van der Waals surface area contributed by atoms with Crippen LogP contribution in [0.15, 0.2) is 42.6 Å². The number of pyridine rings is 1. The zero-order valence-electron chi connectivity index (χ0n) is 16.5. The van der Waals surface area contributed by atoms with Crippen LogP contribution in [-0.4, -0.2) is 47.7 Å². The molecule has 0 saturated carbocycles. The highest BCUT2D eigenvalue weighted by Crippen LogP contribution is 2.27. The number of fused-ring (bicyclic) bond motifs is 1. The predicted molar refractivity (Wildman–Crippen MR) is 107 cm³/mol. The molecule has 0 spiro atoms. The number of amides is 3. The largest absolute Gasteiger partial charge is 0.363 e. The quantitative estimate of drug-likeness (QED) is 0.779. The molecule has 3 amide bonds. The summed E-state index contributed by atoms with van der Waals surface area (Å²) < 4.78 is 0. The monoisotopic (exact) mass is 380 g/mol. The van der Waals surface area contributed by atoms with Crippen LogP contribution in [0.2, 0.25) is 0 Å². The summed E-state index contributed by atoms with van der Waals surface area (Å²) in [6.07, 6.45) is 1.93. The molecule has 1 aliphatic rings. The first-order valence-electron chi connectivity index (χ1n) is 9.20. The average molecular weight is 380 g/mol. The summed E-state index contributed by atoms with van der Waals surface area (Å²) in [5, 5.41) is 2.79. The smallest absolute Gasteiger partial charge is 0.262 e. The molecule has 1 unspecified atom stereocenters. The van der Waals surface area contributed by atoms with Gasteiger partial charge in [0.15, 0.2) is 0 Å². The first-order chi connectivity index (χ1) is 13.3. The molecule has 1 aliphatic heterocycles. The Labute approximate surface area is 164 Å². The third-order valence-corrected chi connectivity index (χ3v) is 4.61. The molecule has 7 heteroatoms. The zero-order valence-corrected chi connectivity index (χ0v) is 16.5. The lowest BCUT2D eigenvalue weighted by molar-refractivity contribution is -0.120. The van der Waals surface area contributed by atoms with Crippen LogP contribution in [0, 0.1) is 5.92 Å². The maximum atomic E-state index is 13.0. The first kappa shape index (κ1) is 19.5. The van der Waals surface area contributed by atoms with Crippen LogP contribution in [0.3, 0.4) is 0 Å². The van der Waals surface area contributed by atoms with Gasteiger partial charge in [0.2, 0.25) is 5.91 Å². The molecule has 1 atom stereocenters. The van der Waals surface area contributed by atoms with E-state index >= 15 is 0 Å². The van der Waals surface area contributed by atoms with Crippen LogP contribution in [0.1, 0.15) is 41.0 Å². The molecule has 3 rings (SSSR count). The van der Waals surface area contributed by atoms with Crippen molar-refractivity contribution >= 4 is 29.2 Å². The number of carbonyl (C=O) groups excluding carboxylic acids is 3. The summed E-state index contributed by atoms with van der Waals surface area (Å²) >= 11 is 0. The normalized spacial score (nSPS) is 14.2. The second kappa shape index (κ2) is 7.80. The molecular weight excluding hydrogens is 356 g/mol. The fourth-order valence-corrected chi connectivity index (χ4v) is 3.22. The molecule has 1 aromatic heterocycles.